The summed E-state index contributed by atoms with van der Waals surface area (Å²) in [5.74, 6) is -0.343. The second-order valence-electron chi connectivity index (χ2n) is 3.15. The number of alkyl halides is 3. The van der Waals surface area contributed by atoms with Crippen molar-refractivity contribution in [3.05, 3.63) is 24.0 Å². The van der Waals surface area contributed by atoms with E-state index in [1.807, 2.05) is 0 Å². The first kappa shape index (κ1) is 11.1. The molecule has 0 aromatic heterocycles. The Morgan fingerprint density at radius 3 is 2.57 bits per heavy atom. The van der Waals surface area contributed by atoms with Gasteiger partial charge in [0.05, 0.1) is 6.10 Å². The molecule has 1 aliphatic rings. The fourth-order valence-electron chi connectivity index (χ4n) is 1.18. The third kappa shape index (κ3) is 3.41. The van der Waals surface area contributed by atoms with Crippen molar-refractivity contribution in [1.29, 1.82) is 0 Å². The summed E-state index contributed by atoms with van der Waals surface area (Å²) < 4.78 is 38.9. The zero-order valence-electron chi connectivity index (χ0n) is 7.58. The molecule has 0 aromatic carbocycles. The summed E-state index contributed by atoms with van der Waals surface area (Å²) in [5, 5.41) is 9.15. The lowest BCUT2D eigenvalue weighted by molar-refractivity contribution is -0.303. The molecule has 80 valence electrons. The van der Waals surface area contributed by atoms with E-state index in [0.29, 0.717) is 6.42 Å². The fourth-order valence-corrected chi connectivity index (χ4v) is 1.18. The summed E-state index contributed by atoms with van der Waals surface area (Å²) in [6.45, 7) is 1.60. The van der Waals surface area contributed by atoms with Crippen molar-refractivity contribution in [2.45, 2.75) is 25.8 Å². The molecule has 0 spiro atoms. The molecule has 0 aliphatic heterocycles. The molecule has 0 fully saturated rings. The van der Waals surface area contributed by atoms with E-state index >= 15 is 0 Å². The Morgan fingerprint density at radius 2 is 2.21 bits per heavy atom. The molecule has 1 N–H and O–H groups in total. The molecule has 2 unspecified atom stereocenters. The van der Waals surface area contributed by atoms with E-state index in [2.05, 4.69) is 4.74 Å². The Balaban J connectivity index is 2.51. The molecule has 0 aromatic rings. The Labute approximate surface area is 79.7 Å². The van der Waals surface area contributed by atoms with Crippen LogP contribution in [0.5, 0.6) is 0 Å². The monoisotopic (exact) mass is 208 g/mol. The fraction of sp³-hybridized carbons (Fsp3) is 0.556. The lowest BCUT2D eigenvalue weighted by Gasteiger charge is -2.19. The first-order valence-corrected chi connectivity index (χ1v) is 4.20. The maximum absolute atomic E-state index is 11.7. The molecule has 14 heavy (non-hydrogen) atoms. The summed E-state index contributed by atoms with van der Waals surface area (Å²) in [4.78, 5) is 0. The molecule has 1 rings (SSSR count). The Bertz CT molecular complexity index is 253. The van der Waals surface area contributed by atoms with Crippen molar-refractivity contribution in [1.82, 2.24) is 0 Å². The van der Waals surface area contributed by atoms with Gasteiger partial charge >= 0.3 is 6.36 Å². The van der Waals surface area contributed by atoms with Crippen molar-refractivity contribution < 1.29 is 23.0 Å². The number of allylic oxidation sites excluding steroid dienone is 2. The number of hydrogen-bond donors (Lipinski definition) is 1. The van der Waals surface area contributed by atoms with Crippen LogP contribution in [0.15, 0.2) is 24.0 Å². The zero-order valence-corrected chi connectivity index (χ0v) is 7.58. The van der Waals surface area contributed by atoms with Crippen LogP contribution in [0.2, 0.25) is 0 Å². The molecule has 5 heteroatoms. The van der Waals surface area contributed by atoms with Gasteiger partial charge < -0.3 is 9.84 Å². The van der Waals surface area contributed by atoms with Crippen LogP contribution in [0.4, 0.5) is 13.2 Å². The van der Waals surface area contributed by atoms with Crippen molar-refractivity contribution >= 4 is 0 Å². The lowest BCUT2D eigenvalue weighted by Crippen LogP contribution is -2.18. The highest BCUT2D eigenvalue weighted by molar-refractivity contribution is 5.19. The van der Waals surface area contributed by atoms with E-state index in [9.17, 15) is 13.2 Å². The average molecular weight is 208 g/mol. The highest BCUT2D eigenvalue weighted by Crippen LogP contribution is 2.26. The van der Waals surface area contributed by atoms with Crippen LogP contribution in [0, 0.1) is 5.92 Å². The Morgan fingerprint density at radius 1 is 1.57 bits per heavy atom. The smallest absolute Gasteiger partial charge is 0.406 e. The molecule has 2 nitrogen and oxygen atoms in total. The van der Waals surface area contributed by atoms with E-state index < -0.39 is 12.5 Å². The predicted molar refractivity (Wildman–Crippen MR) is 44.2 cm³/mol. The van der Waals surface area contributed by atoms with E-state index in [-0.39, 0.29) is 11.7 Å². The number of aliphatic hydroxyl groups excluding tert-OH is 1. The molecular formula is C9H11F3O2. The number of halogens is 3. The van der Waals surface area contributed by atoms with Gasteiger partial charge in [0.2, 0.25) is 0 Å². The summed E-state index contributed by atoms with van der Waals surface area (Å²) in [6, 6.07) is 0. The third-order valence-electron chi connectivity index (χ3n) is 1.95. The van der Waals surface area contributed by atoms with Gasteiger partial charge in [0, 0.05) is 5.92 Å². The Hall–Kier alpha value is -0.970. The van der Waals surface area contributed by atoms with Crippen LogP contribution in [0.1, 0.15) is 13.3 Å². The lowest BCUT2D eigenvalue weighted by atomic mass is 9.95. The Kier molecular flexibility index (Phi) is 3.21. The summed E-state index contributed by atoms with van der Waals surface area (Å²) in [5.41, 5.74) is 0. The van der Waals surface area contributed by atoms with E-state index in [1.54, 1.807) is 6.92 Å². The van der Waals surface area contributed by atoms with Crippen molar-refractivity contribution in [3.8, 4) is 0 Å². The average Bonchev–Trinajstić information content (AvgIpc) is 2.02. The summed E-state index contributed by atoms with van der Waals surface area (Å²) in [6.07, 6.45) is -0.770. The van der Waals surface area contributed by atoms with Crippen LogP contribution < -0.4 is 0 Å². The van der Waals surface area contributed by atoms with Crippen LogP contribution in [-0.4, -0.2) is 17.6 Å². The number of aliphatic hydroxyl groups is 1. The van der Waals surface area contributed by atoms with Crippen LogP contribution in [0.25, 0.3) is 0 Å². The maximum Gasteiger partial charge on any atom is 0.573 e. The highest BCUT2D eigenvalue weighted by Gasteiger charge is 2.32. The minimum absolute atomic E-state index is 0.129. The van der Waals surface area contributed by atoms with Crippen molar-refractivity contribution in [2.24, 2.45) is 5.92 Å². The molecular weight excluding hydrogens is 197 g/mol. The van der Waals surface area contributed by atoms with E-state index in [0.717, 1.165) is 0 Å². The molecule has 0 bridgehead atoms. The van der Waals surface area contributed by atoms with Crippen molar-refractivity contribution in [2.75, 3.05) is 0 Å². The molecule has 1 aliphatic carbocycles. The second kappa shape index (κ2) is 4.04. The van der Waals surface area contributed by atoms with E-state index in [4.69, 9.17) is 5.11 Å². The number of hydrogen-bond acceptors (Lipinski definition) is 2. The number of ether oxygens (including phenoxy) is 1. The first-order chi connectivity index (χ1) is 6.38. The summed E-state index contributed by atoms with van der Waals surface area (Å²) in [7, 11) is 0. The molecule has 0 heterocycles. The topological polar surface area (TPSA) is 29.5 Å². The molecule has 2 atom stereocenters. The van der Waals surface area contributed by atoms with Gasteiger partial charge in [-0.15, -0.1) is 13.2 Å². The summed E-state index contributed by atoms with van der Waals surface area (Å²) >= 11 is 0. The second-order valence-corrected chi connectivity index (χ2v) is 3.15. The molecule has 0 saturated carbocycles. The van der Waals surface area contributed by atoms with Gasteiger partial charge in [-0.3, -0.25) is 0 Å². The van der Waals surface area contributed by atoms with Gasteiger partial charge in [0.1, 0.15) is 5.76 Å². The molecule has 0 amide bonds. The predicted octanol–water partition coefficient (Wildman–Crippen LogP) is 2.36. The van der Waals surface area contributed by atoms with Gasteiger partial charge in [-0.25, -0.2) is 0 Å². The minimum Gasteiger partial charge on any atom is -0.406 e. The minimum atomic E-state index is -4.64. The largest absolute Gasteiger partial charge is 0.573 e. The zero-order chi connectivity index (χ0) is 10.8. The number of rotatable bonds is 2. The van der Waals surface area contributed by atoms with Gasteiger partial charge in [0.25, 0.3) is 0 Å². The molecule has 0 radical (unpaired) electrons. The maximum atomic E-state index is 11.7. The van der Waals surface area contributed by atoms with E-state index in [1.165, 1.54) is 18.2 Å². The molecule has 0 saturated heterocycles. The van der Waals surface area contributed by atoms with Gasteiger partial charge in [-0.1, -0.05) is 6.08 Å². The van der Waals surface area contributed by atoms with Gasteiger partial charge in [0.15, 0.2) is 0 Å². The van der Waals surface area contributed by atoms with Gasteiger partial charge in [-0.2, -0.15) is 0 Å². The van der Waals surface area contributed by atoms with Crippen LogP contribution >= 0.6 is 0 Å². The normalized spacial score (nSPS) is 24.4. The first-order valence-electron chi connectivity index (χ1n) is 4.20. The SMILES string of the molecule is CC(O)C1C=CC(OC(F)(F)F)=CC1. The standard InChI is InChI=1S/C9H11F3O2/c1-6(13)7-2-4-8(5-3-7)14-9(10,11)12/h2,4-7,13H,3H2,1H3. The highest BCUT2D eigenvalue weighted by atomic mass is 19.4. The van der Waals surface area contributed by atoms with Crippen LogP contribution in [0.3, 0.4) is 0 Å². The van der Waals surface area contributed by atoms with Crippen LogP contribution in [-0.2, 0) is 4.74 Å². The van der Waals surface area contributed by atoms with Crippen molar-refractivity contribution in [3.63, 3.8) is 0 Å². The van der Waals surface area contributed by atoms with Gasteiger partial charge in [-0.05, 0) is 25.5 Å². The third-order valence-corrected chi connectivity index (χ3v) is 1.95. The quantitative estimate of drug-likeness (QED) is 0.754.